The second-order valence-electron chi connectivity index (χ2n) is 6.19. The number of H-pyrrole nitrogens is 1. The van der Waals surface area contributed by atoms with Gasteiger partial charge in [0.1, 0.15) is 0 Å². The van der Waals surface area contributed by atoms with Crippen LogP contribution in [0.4, 0.5) is 5.69 Å². The van der Waals surface area contributed by atoms with Crippen LogP contribution in [-0.2, 0) is 19.6 Å². The van der Waals surface area contributed by atoms with Gasteiger partial charge in [0.2, 0.25) is 15.9 Å². The highest BCUT2D eigenvalue weighted by Gasteiger charge is 2.30. The van der Waals surface area contributed by atoms with Gasteiger partial charge in [-0.1, -0.05) is 6.92 Å². The number of Topliss-reactive ketones (excluding diaryl/α,β-unsaturated/α-hetero) is 1. The van der Waals surface area contributed by atoms with E-state index >= 15 is 0 Å². The standard InChI is InChI=1S/C18H22N2O6S/c1-6-7-27(24,25)20(12(4)22)15-9-13(18(23)26-5)8-14-16(11(3)21)10(2)19-17(14)15/h8-9,19H,6-7H2,1-5H3. The minimum absolute atomic E-state index is 0.00977. The van der Waals surface area contributed by atoms with Gasteiger partial charge in [-0.15, -0.1) is 0 Å². The number of carbonyl (C=O) groups is 3. The molecule has 0 aliphatic rings. The molecule has 1 N–H and O–H groups in total. The number of sulfonamides is 1. The highest BCUT2D eigenvalue weighted by atomic mass is 32.2. The number of esters is 1. The zero-order chi connectivity index (χ0) is 20.5. The Morgan fingerprint density at radius 2 is 1.81 bits per heavy atom. The summed E-state index contributed by atoms with van der Waals surface area (Å²) >= 11 is 0. The second-order valence-corrected chi connectivity index (χ2v) is 8.13. The van der Waals surface area contributed by atoms with Crippen LogP contribution < -0.4 is 4.31 Å². The Labute approximate surface area is 157 Å². The molecular formula is C18H22N2O6S. The van der Waals surface area contributed by atoms with E-state index in [4.69, 9.17) is 4.74 Å². The molecule has 0 unspecified atom stereocenters. The molecule has 9 heteroatoms. The van der Waals surface area contributed by atoms with E-state index in [1.54, 1.807) is 13.8 Å². The van der Waals surface area contributed by atoms with Gasteiger partial charge in [-0.05, 0) is 32.4 Å². The van der Waals surface area contributed by atoms with Crippen molar-refractivity contribution in [1.82, 2.24) is 4.98 Å². The Kier molecular flexibility index (Phi) is 5.74. The number of hydrogen-bond acceptors (Lipinski definition) is 6. The molecule has 27 heavy (non-hydrogen) atoms. The number of nitrogens with zero attached hydrogens (tertiary/aromatic N) is 1. The monoisotopic (exact) mass is 394 g/mol. The summed E-state index contributed by atoms with van der Waals surface area (Å²) in [6.07, 6.45) is 0.314. The zero-order valence-electron chi connectivity index (χ0n) is 15.9. The van der Waals surface area contributed by atoms with Crippen LogP contribution in [0.2, 0.25) is 0 Å². The Balaban J connectivity index is 2.96. The number of benzene rings is 1. The maximum absolute atomic E-state index is 12.7. The molecule has 0 atom stereocenters. The number of ether oxygens (including phenoxy) is 1. The Hall–Kier alpha value is -2.68. The topological polar surface area (TPSA) is 114 Å². The predicted octanol–water partition coefficient (Wildman–Crippen LogP) is 2.56. The van der Waals surface area contributed by atoms with Crippen molar-refractivity contribution in [3.05, 3.63) is 29.0 Å². The fraction of sp³-hybridized carbons (Fsp3) is 0.389. The molecular weight excluding hydrogens is 372 g/mol. The minimum atomic E-state index is -3.96. The van der Waals surface area contributed by atoms with Crippen LogP contribution in [0.5, 0.6) is 0 Å². The smallest absolute Gasteiger partial charge is 0.337 e. The molecule has 0 aliphatic carbocycles. The van der Waals surface area contributed by atoms with Crippen LogP contribution in [-0.4, -0.2) is 43.9 Å². The quantitative estimate of drug-likeness (QED) is 0.595. The van der Waals surface area contributed by atoms with Crippen LogP contribution in [0.25, 0.3) is 10.9 Å². The molecule has 1 amide bonds. The molecule has 1 aromatic heterocycles. The van der Waals surface area contributed by atoms with Crippen molar-refractivity contribution in [3.63, 3.8) is 0 Å². The molecule has 0 fully saturated rings. The SMILES string of the molecule is CCCS(=O)(=O)N(C(C)=O)c1cc(C(=O)OC)cc2c(C(C)=O)c(C)[nH]c12. The van der Waals surface area contributed by atoms with E-state index < -0.39 is 21.9 Å². The average Bonchev–Trinajstić information content (AvgIpc) is 2.89. The molecule has 1 aromatic carbocycles. The lowest BCUT2D eigenvalue weighted by atomic mass is 10.0. The summed E-state index contributed by atoms with van der Waals surface area (Å²) in [5.41, 5.74) is 1.16. The summed E-state index contributed by atoms with van der Waals surface area (Å²) in [4.78, 5) is 39.4. The number of ketones is 1. The lowest BCUT2D eigenvalue weighted by Gasteiger charge is -2.22. The van der Waals surface area contributed by atoms with Gasteiger partial charge in [0.05, 0.1) is 29.6 Å². The fourth-order valence-electron chi connectivity index (χ4n) is 3.12. The van der Waals surface area contributed by atoms with Crippen LogP contribution in [0.15, 0.2) is 12.1 Å². The van der Waals surface area contributed by atoms with Gasteiger partial charge in [-0.2, -0.15) is 0 Å². The highest BCUT2D eigenvalue weighted by Crippen LogP contribution is 2.34. The Morgan fingerprint density at radius 3 is 2.30 bits per heavy atom. The number of methoxy groups -OCH3 is 1. The van der Waals surface area contributed by atoms with Crippen molar-refractivity contribution in [2.24, 2.45) is 0 Å². The number of anilines is 1. The first-order valence-electron chi connectivity index (χ1n) is 8.34. The Bertz CT molecular complexity index is 1040. The first kappa shape index (κ1) is 20.6. The normalized spacial score (nSPS) is 11.4. The predicted molar refractivity (Wildman–Crippen MR) is 102 cm³/mol. The van der Waals surface area contributed by atoms with Crippen molar-refractivity contribution >= 4 is 44.3 Å². The van der Waals surface area contributed by atoms with Gasteiger partial charge < -0.3 is 9.72 Å². The summed E-state index contributed by atoms with van der Waals surface area (Å²) < 4.78 is 30.8. The molecule has 2 rings (SSSR count). The molecule has 0 saturated heterocycles. The summed E-state index contributed by atoms with van der Waals surface area (Å²) in [5, 5.41) is 0.357. The van der Waals surface area contributed by atoms with E-state index in [1.807, 2.05) is 0 Å². The number of carbonyl (C=O) groups excluding carboxylic acids is 3. The molecule has 8 nitrogen and oxygen atoms in total. The van der Waals surface area contributed by atoms with E-state index in [0.29, 0.717) is 32.9 Å². The van der Waals surface area contributed by atoms with Gasteiger partial charge in [0, 0.05) is 23.6 Å². The second kappa shape index (κ2) is 7.51. The number of aryl methyl sites for hydroxylation is 1. The van der Waals surface area contributed by atoms with E-state index in [2.05, 4.69) is 4.98 Å². The van der Waals surface area contributed by atoms with Crippen molar-refractivity contribution in [2.45, 2.75) is 34.1 Å². The molecule has 0 bridgehead atoms. The van der Waals surface area contributed by atoms with E-state index in [0.717, 1.165) is 6.92 Å². The number of rotatable bonds is 6. The molecule has 0 saturated carbocycles. The van der Waals surface area contributed by atoms with E-state index in [9.17, 15) is 22.8 Å². The summed E-state index contributed by atoms with van der Waals surface area (Å²) in [6, 6.07) is 2.73. The first-order chi connectivity index (χ1) is 12.5. The number of amides is 1. The third-order valence-corrected chi connectivity index (χ3v) is 6.03. The maximum Gasteiger partial charge on any atom is 0.337 e. The molecule has 1 heterocycles. The molecule has 0 spiro atoms. The largest absolute Gasteiger partial charge is 0.465 e. The Morgan fingerprint density at radius 1 is 1.19 bits per heavy atom. The molecule has 146 valence electrons. The number of nitrogens with one attached hydrogen (secondary N) is 1. The fourth-order valence-corrected chi connectivity index (χ4v) is 4.66. The number of fused-ring (bicyclic) bond motifs is 1. The summed E-state index contributed by atoms with van der Waals surface area (Å²) in [5.74, 6) is -1.92. The van der Waals surface area contributed by atoms with Crippen molar-refractivity contribution in [1.29, 1.82) is 0 Å². The molecule has 2 aromatic rings. The maximum atomic E-state index is 12.7. The average molecular weight is 394 g/mol. The minimum Gasteiger partial charge on any atom is -0.465 e. The zero-order valence-corrected chi connectivity index (χ0v) is 16.7. The lowest BCUT2D eigenvalue weighted by molar-refractivity contribution is -0.115. The van der Waals surface area contributed by atoms with Crippen molar-refractivity contribution < 1.29 is 27.5 Å². The summed E-state index contributed by atoms with van der Waals surface area (Å²) in [7, 11) is -2.77. The van der Waals surface area contributed by atoms with Crippen LogP contribution >= 0.6 is 0 Å². The van der Waals surface area contributed by atoms with Gasteiger partial charge in [0.15, 0.2) is 5.78 Å². The van der Waals surface area contributed by atoms with Gasteiger partial charge >= 0.3 is 5.97 Å². The van der Waals surface area contributed by atoms with Gasteiger partial charge in [-0.25, -0.2) is 17.5 Å². The van der Waals surface area contributed by atoms with Crippen molar-refractivity contribution in [3.8, 4) is 0 Å². The first-order valence-corrected chi connectivity index (χ1v) is 9.95. The van der Waals surface area contributed by atoms with Gasteiger partial charge in [-0.3, -0.25) is 9.59 Å². The molecule has 0 radical (unpaired) electrons. The van der Waals surface area contributed by atoms with E-state index in [-0.39, 0.29) is 22.8 Å². The van der Waals surface area contributed by atoms with Crippen LogP contribution in [0, 0.1) is 6.92 Å². The van der Waals surface area contributed by atoms with Gasteiger partial charge in [0.25, 0.3) is 0 Å². The molecule has 0 aliphatic heterocycles. The van der Waals surface area contributed by atoms with Crippen LogP contribution in [0.3, 0.4) is 0 Å². The van der Waals surface area contributed by atoms with Crippen LogP contribution in [0.1, 0.15) is 53.6 Å². The third kappa shape index (κ3) is 3.73. The number of aromatic amines is 1. The summed E-state index contributed by atoms with van der Waals surface area (Å²) in [6.45, 7) is 5.85. The number of hydrogen-bond donors (Lipinski definition) is 1. The van der Waals surface area contributed by atoms with E-state index in [1.165, 1.54) is 26.2 Å². The highest BCUT2D eigenvalue weighted by molar-refractivity contribution is 7.93. The van der Waals surface area contributed by atoms with Crippen molar-refractivity contribution in [2.75, 3.05) is 17.2 Å². The third-order valence-electron chi connectivity index (χ3n) is 4.09. The number of aromatic nitrogens is 1. The lowest BCUT2D eigenvalue weighted by Crippen LogP contribution is -2.37.